The highest BCUT2D eigenvalue weighted by Gasteiger charge is 2.46. The number of nitrogens with zero attached hydrogens (tertiary/aromatic N) is 3. The van der Waals surface area contributed by atoms with Crippen molar-refractivity contribution in [3.05, 3.63) is 69.9 Å². The number of benzene rings is 2. The maximum atomic E-state index is 13.8. The van der Waals surface area contributed by atoms with Gasteiger partial charge in [0.1, 0.15) is 16.8 Å². The first-order valence-corrected chi connectivity index (χ1v) is 14.2. The second-order valence-corrected chi connectivity index (χ2v) is 11.0. The fourth-order valence-corrected chi connectivity index (χ4v) is 6.11. The minimum absolute atomic E-state index is 0.0630. The molecule has 5 rings (SSSR count). The predicted molar refractivity (Wildman–Crippen MR) is 150 cm³/mol. The molecule has 2 atom stereocenters. The molecule has 1 aromatic heterocycles. The molecule has 2 aliphatic rings. The molecule has 4 N–H and O–H groups in total. The molecular formula is C29H32N4O6S. The highest BCUT2D eigenvalue weighted by Crippen LogP contribution is 2.37. The zero-order valence-corrected chi connectivity index (χ0v) is 22.9. The summed E-state index contributed by atoms with van der Waals surface area (Å²) >= 11 is 1.26. The van der Waals surface area contributed by atoms with Crippen LogP contribution in [0.2, 0.25) is 0 Å². The van der Waals surface area contributed by atoms with E-state index in [1.165, 1.54) is 23.5 Å². The maximum absolute atomic E-state index is 13.8. The quantitative estimate of drug-likeness (QED) is 0.322. The number of urea groups is 1. The fraction of sp³-hybridized carbons (Fsp3) is 0.345. The van der Waals surface area contributed by atoms with Gasteiger partial charge in [-0.05, 0) is 59.7 Å². The van der Waals surface area contributed by atoms with Crippen molar-refractivity contribution in [2.45, 2.75) is 38.9 Å². The summed E-state index contributed by atoms with van der Waals surface area (Å²) in [5.41, 5.74) is 1.97. The van der Waals surface area contributed by atoms with Crippen LogP contribution in [-0.2, 0) is 17.8 Å². The number of carbonyl (C=O) groups is 3. The third-order valence-corrected chi connectivity index (χ3v) is 8.27. The lowest BCUT2D eigenvalue weighted by atomic mass is 9.97. The second kappa shape index (κ2) is 11.5. The number of nitrogens with one attached hydrogen (secondary N) is 1. The van der Waals surface area contributed by atoms with Crippen LogP contribution in [0.5, 0.6) is 17.2 Å². The van der Waals surface area contributed by atoms with Crippen molar-refractivity contribution in [1.82, 2.24) is 15.1 Å². The van der Waals surface area contributed by atoms with Crippen LogP contribution in [-0.4, -0.2) is 68.8 Å². The monoisotopic (exact) mass is 564 g/mol. The van der Waals surface area contributed by atoms with Gasteiger partial charge in [-0.1, -0.05) is 31.5 Å². The summed E-state index contributed by atoms with van der Waals surface area (Å²) in [6, 6.07) is 12.4. The summed E-state index contributed by atoms with van der Waals surface area (Å²) in [6.45, 7) is 2.98. The molecule has 2 aliphatic heterocycles. The minimum Gasteiger partial charge on any atom is -0.508 e. The van der Waals surface area contributed by atoms with Crippen molar-refractivity contribution < 1.29 is 29.7 Å². The topological polar surface area (TPSA) is 134 Å². The summed E-state index contributed by atoms with van der Waals surface area (Å²) < 4.78 is 0. The molecule has 1 fully saturated rings. The molecule has 210 valence electrons. The number of amides is 4. The second-order valence-electron chi connectivity index (χ2n) is 10.1. The number of phenolic OH excluding ortho intramolecular Hbond substituents is 3. The first kappa shape index (κ1) is 27.3. The molecule has 0 bridgehead atoms. The normalized spacial score (nSPS) is 18.8. The number of unbranched alkanes of at least 4 members (excludes halogenated alkanes) is 1. The fourth-order valence-electron chi connectivity index (χ4n) is 5.27. The van der Waals surface area contributed by atoms with Gasteiger partial charge in [0, 0.05) is 19.6 Å². The Morgan fingerprint density at radius 3 is 2.48 bits per heavy atom. The van der Waals surface area contributed by atoms with Gasteiger partial charge in [-0.2, -0.15) is 0 Å². The van der Waals surface area contributed by atoms with Crippen LogP contribution in [0.1, 0.15) is 40.6 Å². The number of hydrogen-bond donors (Lipinski definition) is 4. The molecule has 1 unspecified atom stereocenters. The van der Waals surface area contributed by atoms with E-state index in [-0.39, 0.29) is 48.7 Å². The van der Waals surface area contributed by atoms with Crippen LogP contribution < -0.4 is 10.2 Å². The van der Waals surface area contributed by atoms with Gasteiger partial charge in [-0.25, -0.2) is 4.79 Å². The lowest BCUT2D eigenvalue weighted by Crippen LogP contribution is -2.61. The van der Waals surface area contributed by atoms with E-state index in [4.69, 9.17) is 0 Å². The number of phenols is 3. The molecular weight excluding hydrogens is 532 g/mol. The Morgan fingerprint density at radius 2 is 1.75 bits per heavy atom. The zero-order valence-electron chi connectivity index (χ0n) is 22.1. The van der Waals surface area contributed by atoms with E-state index in [2.05, 4.69) is 5.32 Å². The van der Waals surface area contributed by atoms with E-state index >= 15 is 0 Å². The molecule has 0 spiro atoms. The third-order valence-electron chi connectivity index (χ3n) is 7.38. The van der Waals surface area contributed by atoms with Gasteiger partial charge in [0.2, 0.25) is 5.91 Å². The van der Waals surface area contributed by atoms with Crippen molar-refractivity contribution in [3.8, 4) is 17.2 Å². The van der Waals surface area contributed by atoms with Crippen LogP contribution in [0.15, 0.2) is 53.9 Å². The molecule has 2 aromatic carbocycles. The van der Waals surface area contributed by atoms with Gasteiger partial charge < -0.3 is 30.4 Å². The van der Waals surface area contributed by atoms with Crippen LogP contribution in [0.25, 0.3) is 0 Å². The molecule has 11 heteroatoms. The van der Waals surface area contributed by atoms with Crippen LogP contribution in [0.3, 0.4) is 0 Å². The largest absolute Gasteiger partial charge is 0.508 e. The molecule has 4 amide bonds. The minimum atomic E-state index is -0.701. The highest BCUT2D eigenvalue weighted by atomic mass is 32.1. The predicted octanol–water partition coefficient (Wildman–Crippen LogP) is 3.86. The maximum Gasteiger partial charge on any atom is 0.323 e. The van der Waals surface area contributed by atoms with E-state index in [0.717, 1.165) is 18.4 Å². The zero-order chi connectivity index (χ0) is 28.4. The summed E-state index contributed by atoms with van der Waals surface area (Å²) in [7, 11) is 0. The number of fused-ring (bicyclic) bond motifs is 2. The third kappa shape index (κ3) is 5.42. The van der Waals surface area contributed by atoms with E-state index in [0.29, 0.717) is 29.1 Å². The van der Waals surface area contributed by atoms with Gasteiger partial charge in [0.25, 0.3) is 5.91 Å². The molecule has 0 saturated carbocycles. The molecule has 1 saturated heterocycles. The van der Waals surface area contributed by atoms with Crippen molar-refractivity contribution in [3.63, 3.8) is 0 Å². The molecule has 0 aliphatic carbocycles. The summed E-state index contributed by atoms with van der Waals surface area (Å²) in [5, 5.41) is 33.8. The van der Waals surface area contributed by atoms with E-state index in [1.807, 2.05) is 6.92 Å². The summed E-state index contributed by atoms with van der Waals surface area (Å²) in [4.78, 5) is 46.6. The Labute approximate surface area is 236 Å². The van der Waals surface area contributed by atoms with Crippen LogP contribution in [0.4, 0.5) is 10.5 Å². The van der Waals surface area contributed by atoms with E-state index in [9.17, 15) is 29.7 Å². The number of aromatic hydroxyl groups is 3. The lowest BCUT2D eigenvalue weighted by molar-refractivity contribution is -0.134. The van der Waals surface area contributed by atoms with Crippen molar-refractivity contribution in [2.24, 2.45) is 5.92 Å². The first-order chi connectivity index (χ1) is 19.3. The summed E-state index contributed by atoms with van der Waals surface area (Å²) in [5.74, 6) is -1.17. The average molecular weight is 565 g/mol. The molecule has 3 heterocycles. The Kier molecular flexibility index (Phi) is 7.83. The number of thiophene rings is 1. The van der Waals surface area contributed by atoms with Gasteiger partial charge in [0.15, 0.2) is 11.5 Å². The Bertz CT molecular complexity index is 1410. The average Bonchev–Trinajstić information content (AvgIpc) is 3.38. The standard InChI is InChI=1S/C29H32N4O6S/c1-2-3-11-31-17-25-32(16-20(27(31)37)13-18-4-7-21(34)8-5-18)28(38)26-22(10-12-40-26)33(25)29(39)30-15-19-6-9-23(35)24(36)14-19/h4-10,12,14,20,25,34-36H,2-3,11,13,15-17H2,1H3,(H,30,39)/t20-,25?/m1/s1. The Hall–Kier alpha value is -4.25. The van der Waals surface area contributed by atoms with Gasteiger partial charge in [-0.3, -0.25) is 14.5 Å². The van der Waals surface area contributed by atoms with E-state index in [1.54, 1.807) is 56.5 Å². The Morgan fingerprint density at radius 1 is 1.00 bits per heavy atom. The molecule has 10 nitrogen and oxygen atoms in total. The first-order valence-electron chi connectivity index (χ1n) is 13.3. The highest BCUT2D eigenvalue weighted by molar-refractivity contribution is 7.12. The number of rotatable bonds is 7. The number of carbonyl (C=O) groups excluding carboxylic acids is 3. The van der Waals surface area contributed by atoms with E-state index < -0.39 is 18.1 Å². The van der Waals surface area contributed by atoms with Gasteiger partial charge >= 0.3 is 6.03 Å². The SMILES string of the molecule is CCCCN1CC2N(C[C@@H](Cc3ccc(O)cc3)C1=O)C(=O)c1sccc1N2C(=O)NCc1ccc(O)c(O)c1. The smallest absolute Gasteiger partial charge is 0.323 e. The lowest BCUT2D eigenvalue weighted by Gasteiger charge is -2.43. The molecule has 40 heavy (non-hydrogen) atoms. The van der Waals surface area contributed by atoms with Crippen molar-refractivity contribution in [1.29, 1.82) is 0 Å². The number of hydrogen-bond acceptors (Lipinski definition) is 7. The van der Waals surface area contributed by atoms with Crippen molar-refractivity contribution in [2.75, 3.05) is 24.5 Å². The van der Waals surface area contributed by atoms with Crippen molar-refractivity contribution >= 4 is 34.9 Å². The van der Waals surface area contributed by atoms with Crippen LogP contribution >= 0.6 is 11.3 Å². The van der Waals surface area contributed by atoms with Crippen LogP contribution in [0, 0.1) is 5.92 Å². The Balaban J connectivity index is 1.46. The molecule has 0 radical (unpaired) electrons. The number of anilines is 1. The van der Waals surface area contributed by atoms with Gasteiger partial charge in [0.05, 0.1) is 18.2 Å². The molecule has 3 aromatic rings. The van der Waals surface area contributed by atoms with Gasteiger partial charge in [-0.15, -0.1) is 11.3 Å². The summed E-state index contributed by atoms with van der Waals surface area (Å²) in [6.07, 6.45) is 1.37.